The van der Waals surface area contributed by atoms with Crippen molar-refractivity contribution in [1.82, 2.24) is 0 Å². The molecule has 98 valence electrons. The van der Waals surface area contributed by atoms with E-state index in [1.54, 1.807) is 12.1 Å². The number of hydrogen-bond acceptors (Lipinski definition) is 1. The van der Waals surface area contributed by atoms with Gasteiger partial charge < -0.3 is 5.32 Å². The Morgan fingerprint density at radius 2 is 1.63 bits per heavy atom. The number of nitrogens with one attached hydrogen (secondary N) is 1. The fraction of sp³-hybridized carbons (Fsp3) is 0.0714. The first-order valence-electron chi connectivity index (χ1n) is 5.49. The third-order valence-electron chi connectivity index (χ3n) is 2.55. The average molecular weight is 448 g/mol. The van der Waals surface area contributed by atoms with Gasteiger partial charge in [-0.05, 0) is 42.8 Å². The van der Waals surface area contributed by atoms with E-state index in [1.165, 1.54) is 0 Å². The molecule has 0 unspecified atom stereocenters. The topological polar surface area (TPSA) is 29.1 Å². The summed E-state index contributed by atoms with van der Waals surface area (Å²) in [6.45, 7) is 2.00. The van der Waals surface area contributed by atoms with Crippen molar-refractivity contribution in [3.8, 4) is 0 Å². The van der Waals surface area contributed by atoms with Crippen molar-refractivity contribution in [3.63, 3.8) is 0 Å². The van der Waals surface area contributed by atoms with Crippen molar-refractivity contribution in [2.75, 3.05) is 5.32 Å². The van der Waals surface area contributed by atoms with Gasteiger partial charge in [-0.1, -0.05) is 53.9 Å². The summed E-state index contributed by atoms with van der Waals surface area (Å²) in [6.07, 6.45) is 0. The molecule has 0 aliphatic heterocycles. The smallest absolute Gasteiger partial charge is 0.255 e. The summed E-state index contributed by atoms with van der Waals surface area (Å²) >= 11 is 10.2. The van der Waals surface area contributed by atoms with Crippen LogP contribution in [-0.4, -0.2) is 5.91 Å². The van der Waals surface area contributed by atoms with Gasteiger partial charge in [0.2, 0.25) is 0 Å². The van der Waals surface area contributed by atoms with Gasteiger partial charge in [0.15, 0.2) is 0 Å². The van der Waals surface area contributed by atoms with E-state index in [1.807, 2.05) is 31.2 Å². The molecule has 0 saturated carbocycles. The first kappa shape index (κ1) is 14.8. The largest absolute Gasteiger partial charge is 0.322 e. The predicted molar refractivity (Wildman–Crippen MR) is 88.7 cm³/mol. The van der Waals surface area contributed by atoms with Gasteiger partial charge in [0.05, 0.1) is 0 Å². The molecule has 0 aliphatic rings. The number of amides is 1. The van der Waals surface area contributed by atoms with Crippen molar-refractivity contribution in [2.45, 2.75) is 6.92 Å². The lowest BCUT2D eigenvalue weighted by atomic mass is 10.2. The molecule has 0 atom stereocenters. The van der Waals surface area contributed by atoms with E-state index in [9.17, 15) is 4.79 Å². The summed E-state index contributed by atoms with van der Waals surface area (Å²) in [5.74, 6) is -0.141. The van der Waals surface area contributed by atoms with E-state index >= 15 is 0 Å². The number of rotatable bonds is 2. The Hall–Kier alpha value is -0.650. The zero-order chi connectivity index (χ0) is 14.0. The van der Waals surface area contributed by atoms with Gasteiger partial charge in [0.25, 0.3) is 5.91 Å². The van der Waals surface area contributed by atoms with Crippen molar-refractivity contribution in [2.24, 2.45) is 0 Å². The van der Waals surface area contributed by atoms with Gasteiger partial charge in [-0.2, -0.15) is 0 Å². The Kier molecular flexibility index (Phi) is 4.81. The molecule has 0 aliphatic carbocycles. The van der Waals surface area contributed by atoms with Crippen molar-refractivity contribution in [1.29, 1.82) is 0 Å². The highest BCUT2D eigenvalue weighted by atomic mass is 79.9. The molecule has 0 saturated heterocycles. The van der Waals surface area contributed by atoms with E-state index in [-0.39, 0.29) is 5.91 Å². The molecule has 2 rings (SSSR count). The SMILES string of the molecule is Cc1ccc(NC(=O)c2cc(Br)cc(Br)c2)cc1Br. The van der Waals surface area contributed by atoms with Crippen LogP contribution in [0.2, 0.25) is 0 Å². The number of benzene rings is 2. The minimum absolute atomic E-state index is 0.141. The zero-order valence-electron chi connectivity index (χ0n) is 10.0. The lowest BCUT2D eigenvalue weighted by Gasteiger charge is -2.08. The van der Waals surface area contributed by atoms with Crippen molar-refractivity contribution < 1.29 is 4.79 Å². The number of halogens is 3. The van der Waals surface area contributed by atoms with Crippen LogP contribution in [0.15, 0.2) is 49.8 Å². The third-order valence-corrected chi connectivity index (χ3v) is 4.32. The van der Waals surface area contributed by atoms with Crippen LogP contribution in [0, 0.1) is 6.92 Å². The van der Waals surface area contributed by atoms with Gasteiger partial charge in [-0.3, -0.25) is 4.79 Å². The lowest BCUT2D eigenvalue weighted by Crippen LogP contribution is -2.11. The number of carbonyl (C=O) groups is 1. The second-order valence-corrected chi connectivity index (χ2v) is 6.76. The maximum Gasteiger partial charge on any atom is 0.255 e. The molecule has 2 aromatic rings. The Bertz CT molecular complexity index is 620. The fourth-order valence-electron chi connectivity index (χ4n) is 1.56. The van der Waals surface area contributed by atoms with Crippen molar-refractivity contribution >= 4 is 59.4 Å². The van der Waals surface area contributed by atoms with Gasteiger partial charge in [0, 0.05) is 24.7 Å². The van der Waals surface area contributed by atoms with Gasteiger partial charge in [-0.15, -0.1) is 0 Å². The van der Waals surface area contributed by atoms with Crippen LogP contribution in [0.5, 0.6) is 0 Å². The molecule has 19 heavy (non-hydrogen) atoms. The van der Waals surface area contributed by atoms with E-state index < -0.39 is 0 Å². The highest BCUT2D eigenvalue weighted by molar-refractivity contribution is 9.11. The molecule has 0 bridgehead atoms. The molecular formula is C14H10Br3NO. The van der Waals surface area contributed by atoms with E-state index in [0.29, 0.717) is 5.56 Å². The van der Waals surface area contributed by atoms with Crippen LogP contribution in [0.4, 0.5) is 5.69 Å². The highest BCUT2D eigenvalue weighted by Gasteiger charge is 2.08. The van der Waals surface area contributed by atoms with Gasteiger partial charge in [-0.25, -0.2) is 0 Å². The maximum absolute atomic E-state index is 12.1. The first-order chi connectivity index (χ1) is 8.95. The number of carbonyl (C=O) groups excluding carboxylic acids is 1. The summed E-state index contributed by atoms with van der Waals surface area (Å²) < 4.78 is 2.69. The third kappa shape index (κ3) is 3.91. The summed E-state index contributed by atoms with van der Waals surface area (Å²) in [6, 6.07) is 11.2. The summed E-state index contributed by atoms with van der Waals surface area (Å²) in [4.78, 5) is 12.1. The second kappa shape index (κ2) is 6.20. The molecule has 2 nitrogen and oxygen atoms in total. The maximum atomic E-state index is 12.1. The van der Waals surface area contributed by atoms with Crippen molar-refractivity contribution in [3.05, 3.63) is 60.9 Å². The number of anilines is 1. The monoisotopic (exact) mass is 445 g/mol. The molecule has 5 heteroatoms. The zero-order valence-corrected chi connectivity index (χ0v) is 14.8. The summed E-state index contributed by atoms with van der Waals surface area (Å²) in [5, 5.41) is 2.87. The van der Waals surface area contributed by atoms with E-state index in [2.05, 4.69) is 53.1 Å². The average Bonchev–Trinajstić information content (AvgIpc) is 2.32. The minimum Gasteiger partial charge on any atom is -0.322 e. The standard InChI is InChI=1S/C14H10Br3NO/c1-8-2-3-12(7-13(8)17)18-14(19)9-4-10(15)6-11(16)5-9/h2-7H,1H3,(H,18,19). The molecule has 2 aromatic carbocycles. The van der Waals surface area contributed by atoms with Crippen LogP contribution in [-0.2, 0) is 0 Å². The minimum atomic E-state index is -0.141. The number of aryl methyl sites for hydroxylation is 1. The Morgan fingerprint density at radius 3 is 2.21 bits per heavy atom. The van der Waals surface area contributed by atoms with Crippen LogP contribution in [0.3, 0.4) is 0 Å². The summed E-state index contributed by atoms with van der Waals surface area (Å²) in [5.41, 5.74) is 2.49. The van der Waals surface area contributed by atoms with E-state index in [4.69, 9.17) is 0 Å². The Morgan fingerprint density at radius 1 is 1.00 bits per heavy atom. The molecule has 0 radical (unpaired) electrons. The predicted octanol–water partition coefficient (Wildman–Crippen LogP) is 5.53. The molecule has 0 aromatic heterocycles. The first-order valence-corrected chi connectivity index (χ1v) is 7.87. The highest BCUT2D eigenvalue weighted by Crippen LogP contribution is 2.23. The normalized spacial score (nSPS) is 10.3. The molecule has 1 amide bonds. The second-order valence-electron chi connectivity index (χ2n) is 4.08. The van der Waals surface area contributed by atoms with Gasteiger partial charge >= 0.3 is 0 Å². The lowest BCUT2D eigenvalue weighted by molar-refractivity contribution is 0.102. The molecule has 0 fully saturated rings. The van der Waals surface area contributed by atoms with Crippen LogP contribution < -0.4 is 5.32 Å². The number of hydrogen-bond donors (Lipinski definition) is 1. The molecule has 0 spiro atoms. The fourth-order valence-corrected chi connectivity index (χ4v) is 3.23. The Labute approximate surface area is 137 Å². The van der Waals surface area contributed by atoms with Crippen LogP contribution in [0.25, 0.3) is 0 Å². The van der Waals surface area contributed by atoms with E-state index in [0.717, 1.165) is 24.7 Å². The summed E-state index contributed by atoms with van der Waals surface area (Å²) in [7, 11) is 0. The molecule has 0 heterocycles. The van der Waals surface area contributed by atoms with Gasteiger partial charge in [0.1, 0.15) is 0 Å². The quantitative estimate of drug-likeness (QED) is 0.643. The molecule has 1 N–H and O–H groups in total. The van der Waals surface area contributed by atoms with Crippen LogP contribution in [0.1, 0.15) is 15.9 Å². The molecular weight excluding hydrogens is 438 g/mol. The van der Waals surface area contributed by atoms with Crippen LogP contribution >= 0.6 is 47.8 Å². The Balaban J connectivity index is 2.22.